The van der Waals surface area contributed by atoms with Gasteiger partial charge in [0.05, 0.1) is 17.7 Å². The van der Waals surface area contributed by atoms with Crippen molar-refractivity contribution in [1.29, 1.82) is 0 Å². The van der Waals surface area contributed by atoms with Crippen molar-refractivity contribution in [2.24, 2.45) is 0 Å². The molecule has 0 aliphatic carbocycles. The molecule has 0 bridgehead atoms. The molecule has 0 aromatic heterocycles. The summed E-state index contributed by atoms with van der Waals surface area (Å²) in [6.45, 7) is 2.38. The monoisotopic (exact) mass is 348 g/mol. The van der Waals surface area contributed by atoms with E-state index in [1.54, 1.807) is 42.5 Å². The van der Waals surface area contributed by atoms with Crippen molar-refractivity contribution < 1.29 is 19.1 Å². The lowest BCUT2D eigenvalue weighted by Crippen LogP contribution is -2.10. The summed E-state index contributed by atoms with van der Waals surface area (Å²) >= 11 is 3.26. The molecule has 2 aromatic carbocycles. The van der Waals surface area contributed by atoms with Gasteiger partial charge in [0, 0.05) is 4.47 Å². The van der Waals surface area contributed by atoms with Gasteiger partial charge in [-0.15, -0.1) is 0 Å². The molecular formula is C16H13BrO4. The molecule has 0 atom stereocenters. The van der Waals surface area contributed by atoms with E-state index in [0.29, 0.717) is 29.8 Å². The third-order valence-corrected chi connectivity index (χ3v) is 3.18. The fourth-order valence-electron chi connectivity index (χ4n) is 1.74. The molecule has 0 radical (unpaired) electrons. The Morgan fingerprint density at radius 2 is 2.05 bits per heavy atom. The standard InChI is InChI=1S/C16H13BrO4/c1-2-20-14-5-3-4-11(9-14)16(19)21-15-7-6-13(17)8-12(15)10-18/h3-10H,2H2,1H3. The molecule has 0 fully saturated rings. The largest absolute Gasteiger partial charge is 0.494 e. The highest BCUT2D eigenvalue weighted by Gasteiger charge is 2.12. The number of rotatable bonds is 5. The third kappa shape index (κ3) is 3.92. The number of benzene rings is 2. The molecular weight excluding hydrogens is 336 g/mol. The van der Waals surface area contributed by atoms with Gasteiger partial charge in [-0.25, -0.2) is 4.79 Å². The fraction of sp³-hybridized carbons (Fsp3) is 0.125. The number of halogens is 1. The number of hydrogen-bond donors (Lipinski definition) is 0. The van der Waals surface area contributed by atoms with Crippen molar-refractivity contribution in [3.05, 3.63) is 58.1 Å². The summed E-state index contributed by atoms with van der Waals surface area (Å²) in [5.41, 5.74) is 0.666. The van der Waals surface area contributed by atoms with Crippen LogP contribution in [-0.4, -0.2) is 18.9 Å². The number of hydrogen-bond acceptors (Lipinski definition) is 4. The zero-order valence-electron chi connectivity index (χ0n) is 11.3. The first-order chi connectivity index (χ1) is 10.1. The molecule has 0 aliphatic rings. The summed E-state index contributed by atoms with van der Waals surface area (Å²) < 4.78 is 11.3. The highest BCUT2D eigenvalue weighted by Crippen LogP contribution is 2.23. The second-order valence-electron chi connectivity index (χ2n) is 4.15. The van der Waals surface area contributed by atoms with Gasteiger partial charge in [-0.1, -0.05) is 22.0 Å². The zero-order valence-corrected chi connectivity index (χ0v) is 12.9. The maximum Gasteiger partial charge on any atom is 0.343 e. The van der Waals surface area contributed by atoms with Crippen LogP contribution >= 0.6 is 15.9 Å². The van der Waals surface area contributed by atoms with Gasteiger partial charge >= 0.3 is 5.97 Å². The first-order valence-electron chi connectivity index (χ1n) is 6.34. The van der Waals surface area contributed by atoms with Gasteiger partial charge in [-0.05, 0) is 43.3 Å². The zero-order chi connectivity index (χ0) is 15.2. The quantitative estimate of drug-likeness (QED) is 0.467. The molecule has 5 heteroatoms. The molecule has 4 nitrogen and oxygen atoms in total. The maximum atomic E-state index is 12.1. The normalized spacial score (nSPS) is 10.0. The van der Waals surface area contributed by atoms with Gasteiger partial charge in [0.1, 0.15) is 11.5 Å². The van der Waals surface area contributed by atoms with Crippen LogP contribution in [0.5, 0.6) is 11.5 Å². The van der Waals surface area contributed by atoms with Crippen LogP contribution in [0.3, 0.4) is 0 Å². The molecule has 2 aromatic rings. The van der Waals surface area contributed by atoms with E-state index in [-0.39, 0.29) is 5.75 Å². The Bertz CT molecular complexity index is 667. The number of esters is 1. The molecule has 0 aliphatic heterocycles. The van der Waals surface area contributed by atoms with Gasteiger partial charge in [0.25, 0.3) is 0 Å². The summed E-state index contributed by atoms with van der Waals surface area (Å²) in [7, 11) is 0. The molecule has 108 valence electrons. The number of carbonyl (C=O) groups excluding carboxylic acids is 2. The minimum absolute atomic E-state index is 0.222. The highest BCUT2D eigenvalue weighted by molar-refractivity contribution is 9.10. The van der Waals surface area contributed by atoms with Crippen molar-refractivity contribution in [1.82, 2.24) is 0 Å². The Morgan fingerprint density at radius 3 is 2.76 bits per heavy atom. The van der Waals surface area contributed by atoms with E-state index in [1.807, 2.05) is 6.92 Å². The predicted octanol–water partition coefficient (Wildman–Crippen LogP) is 3.88. The van der Waals surface area contributed by atoms with E-state index in [0.717, 1.165) is 4.47 Å². The topological polar surface area (TPSA) is 52.6 Å². The van der Waals surface area contributed by atoms with E-state index in [4.69, 9.17) is 9.47 Å². The van der Waals surface area contributed by atoms with Crippen LogP contribution in [0.2, 0.25) is 0 Å². The van der Waals surface area contributed by atoms with Crippen LogP contribution in [0.1, 0.15) is 27.6 Å². The van der Waals surface area contributed by atoms with Crippen LogP contribution in [0.25, 0.3) is 0 Å². The van der Waals surface area contributed by atoms with Crippen LogP contribution in [0, 0.1) is 0 Å². The van der Waals surface area contributed by atoms with E-state index in [2.05, 4.69) is 15.9 Å². The number of ether oxygens (including phenoxy) is 2. The Kier molecular flexibility index (Phi) is 5.11. The third-order valence-electron chi connectivity index (χ3n) is 2.68. The van der Waals surface area contributed by atoms with Gasteiger partial charge in [0.15, 0.2) is 6.29 Å². The molecule has 0 saturated heterocycles. The maximum absolute atomic E-state index is 12.1. The van der Waals surface area contributed by atoms with Gasteiger partial charge in [-0.2, -0.15) is 0 Å². The molecule has 0 heterocycles. The second kappa shape index (κ2) is 7.04. The Hall–Kier alpha value is -2.14. The Balaban J connectivity index is 2.21. The highest BCUT2D eigenvalue weighted by atomic mass is 79.9. The fourth-order valence-corrected chi connectivity index (χ4v) is 2.12. The molecule has 0 spiro atoms. The van der Waals surface area contributed by atoms with Crippen LogP contribution in [0.15, 0.2) is 46.9 Å². The molecule has 21 heavy (non-hydrogen) atoms. The lowest BCUT2D eigenvalue weighted by atomic mass is 10.2. The number of aldehydes is 1. The SMILES string of the molecule is CCOc1cccc(C(=O)Oc2ccc(Br)cc2C=O)c1. The minimum Gasteiger partial charge on any atom is -0.494 e. The number of carbonyl (C=O) groups is 2. The van der Waals surface area contributed by atoms with Crippen molar-refractivity contribution in [3.8, 4) is 11.5 Å². The average Bonchev–Trinajstić information content (AvgIpc) is 2.49. The van der Waals surface area contributed by atoms with E-state index in [1.165, 1.54) is 0 Å². The minimum atomic E-state index is -0.540. The first-order valence-corrected chi connectivity index (χ1v) is 7.13. The van der Waals surface area contributed by atoms with Crippen LogP contribution < -0.4 is 9.47 Å². The lowest BCUT2D eigenvalue weighted by molar-refractivity contribution is 0.0733. The Labute approximate surface area is 130 Å². The van der Waals surface area contributed by atoms with E-state index < -0.39 is 5.97 Å². The average molecular weight is 349 g/mol. The summed E-state index contributed by atoms with van der Waals surface area (Å²) in [5.74, 6) is 0.278. The summed E-state index contributed by atoms with van der Waals surface area (Å²) in [6, 6.07) is 11.6. The van der Waals surface area contributed by atoms with Crippen LogP contribution in [-0.2, 0) is 0 Å². The summed E-state index contributed by atoms with van der Waals surface area (Å²) in [6.07, 6.45) is 0.643. The predicted molar refractivity (Wildman–Crippen MR) is 82.1 cm³/mol. The second-order valence-corrected chi connectivity index (χ2v) is 5.07. The molecule has 2 rings (SSSR count). The Morgan fingerprint density at radius 1 is 1.24 bits per heavy atom. The van der Waals surface area contributed by atoms with Crippen molar-refractivity contribution >= 4 is 28.2 Å². The van der Waals surface area contributed by atoms with Crippen molar-refractivity contribution in [2.45, 2.75) is 6.92 Å². The molecule has 0 amide bonds. The van der Waals surface area contributed by atoms with E-state index in [9.17, 15) is 9.59 Å². The molecule has 0 N–H and O–H groups in total. The van der Waals surface area contributed by atoms with Crippen molar-refractivity contribution in [3.63, 3.8) is 0 Å². The first kappa shape index (κ1) is 15.3. The van der Waals surface area contributed by atoms with Gasteiger partial charge in [0.2, 0.25) is 0 Å². The van der Waals surface area contributed by atoms with E-state index >= 15 is 0 Å². The van der Waals surface area contributed by atoms with Gasteiger partial charge < -0.3 is 9.47 Å². The molecule has 0 unspecified atom stereocenters. The summed E-state index contributed by atoms with van der Waals surface area (Å²) in [5, 5.41) is 0. The summed E-state index contributed by atoms with van der Waals surface area (Å²) in [4.78, 5) is 23.1. The van der Waals surface area contributed by atoms with Crippen molar-refractivity contribution in [2.75, 3.05) is 6.61 Å². The molecule has 0 saturated carbocycles. The lowest BCUT2D eigenvalue weighted by Gasteiger charge is -2.08. The van der Waals surface area contributed by atoms with Crippen LogP contribution in [0.4, 0.5) is 0 Å². The smallest absolute Gasteiger partial charge is 0.343 e. The van der Waals surface area contributed by atoms with Gasteiger partial charge in [-0.3, -0.25) is 4.79 Å².